The van der Waals surface area contributed by atoms with E-state index in [1.807, 2.05) is 24.3 Å². The van der Waals surface area contributed by atoms with E-state index in [0.29, 0.717) is 23.0 Å². The van der Waals surface area contributed by atoms with Gasteiger partial charge in [0.1, 0.15) is 17.5 Å². The summed E-state index contributed by atoms with van der Waals surface area (Å²) in [5, 5.41) is 7.32. The van der Waals surface area contributed by atoms with Crippen LogP contribution < -0.4 is 5.32 Å². The first kappa shape index (κ1) is 16.6. The summed E-state index contributed by atoms with van der Waals surface area (Å²) < 4.78 is 29.7. The van der Waals surface area contributed by atoms with Crippen LogP contribution in [0.3, 0.4) is 0 Å². The predicted molar refractivity (Wildman–Crippen MR) is 99.4 cm³/mol. The fourth-order valence-electron chi connectivity index (χ4n) is 3.79. The molecule has 0 spiro atoms. The van der Waals surface area contributed by atoms with Crippen LogP contribution in [0.5, 0.6) is 0 Å². The van der Waals surface area contributed by atoms with Crippen molar-refractivity contribution >= 4 is 22.8 Å². The van der Waals surface area contributed by atoms with Crippen LogP contribution in [0.2, 0.25) is 0 Å². The number of rotatable bonds is 2. The standard InChI is InChI=1S/C20H15F2N5O/c1-10-18-13(12-8-11(21)6-7-14(12)22)9-17(28)25-19(18)27(26-10)20-23-15-4-2-3-5-16(15)24-20/h2-8,13H,9H2,1H3,(H,23,24)(H,25,28)/t13-/m0/s1. The Bertz CT molecular complexity index is 1210. The number of carbonyl (C=O) groups is 1. The number of benzene rings is 2. The van der Waals surface area contributed by atoms with E-state index in [1.165, 1.54) is 4.68 Å². The Kier molecular flexibility index (Phi) is 3.55. The van der Waals surface area contributed by atoms with Crippen LogP contribution in [-0.4, -0.2) is 25.7 Å². The van der Waals surface area contributed by atoms with Crippen LogP contribution >= 0.6 is 0 Å². The molecule has 2 N–H and O–H groups in total. The van der Waals surface area contributed by atoms with Crippen molar-refractivity contribution in [1.29, 1.82) is 0 Å². The molecule has 5 rings (SSSR count). The summed E-state index contributed by atoms with van der Waals surface area (Å²) in [6.07, 6.45) is 0.0139. The van der Waals surface area contributed by atoms with Gasteiger partial charge in [-0.15, -0.1) is 0 Å². The van der Waals surface area contributed by atoms with Gasteiger partial charge in [0.05, 0.1) is 16.7 Å². The summed E-state index contributed by atoms with van der Waals surface area (Å²) in [6.45, 7) is 1.78. The molecule has 0 unspecified atom stereocenters. The van der Waals surface area contributed by atoms with Gasteiger partial charge in [-0.2, -0.15) is 9.78 Å². The predicted octanol–water partition coefficient (Wildman–Crippen LogP) is 3.81. The zero-order valence-corrected chi connectivity index (χ0v) is 14.8. The number of aromatic nitrogens is 4. The molecule has 28 heavy (non-hydrogen) atoms. The van der Waals surface area contributed by atoms with Crippen molar-refractivity contribution in [3.63, 3.8) is 0 Å². The summed E-state index contributed by atoms with van der Waals surface area (Å²) in [5.41, 5.74) is 3.00. The van der Waals surface area contributed by atoms with Gasteiger partial charge in [-0.3, -0.25) is 4.79 Å². The molecule has 8 heteroatoms. The molecule has 6 nitrogen and oxygen atoms in total. The Hall–Kier alpha value is -3.55. The van der Waals surface area contributed by atoms with Gasteiger partial charge in [-0.05, 0) is 42.8 Å². The normalized spacial score (nSPS) is 16.2. The Morgan fingerprint density at radius 1 is 1.18 bits per heavy atom. The molecule has 0 saturated heterocycles. The van der Waals surface area contributed by atoms with Crippen LogP contribution in [0, 0.1) is 18.6 Å². The first-order chi connectivity index (χ1) is 13.5. The topological polar surface area (TPSA) is 75.6 Å². The highest BCUT2D eigenvalue weighted by molar-refractivity contribution is 5.95. The van der Waals surface area contributed by atoms with Crippen LogP contribution in [0.15, 0.2) is 42.5 Å². The molecule has 1 atom stereocenters. The van der Waals surface area contributed by atoms with E-state index >= 15 is 0 Å². The first-order valence-corrected chi connectivity index (χ1v) is 8.80. The van der Waals surface area contributed by atoms with Gasteiger partial charge in [0.25, 0.3) is 0 Å². The molecule has 0 aliphatic carbocycles. The number of imidazole rings is 1. The lowest BCUT2D eigenvalue weighted by molar-refractivity contribution is -0.116. The number of fused-ring (bicyclic) bond motifs is 2. The van der Waals surface area contributed by atoms with Gasteiger partial charge < -0.3 is 10.3 Å². The molecule has 2 aromatic carbocycles. The van der Waals surface area contributed by atoms with Gasteiger partial charge in [0.15, 0.2) is 0 Å². The first-order valence-electron chi connectivity index (χ1n) is 8.80. The molecule has 0 bridgehead atoms. The summed E-state index contributed by atoms with van der Waals surface area (Å²) >= 11 is 0. The summed E-state index contributed by atoms with van der Waals surface area (Å²) in [6, 6.07) is 10.8. The van der Waals surface area contributed by atoms with Crippen molar-refractivity contribution < 1.29 is 13.6 Å². The van der Waals surface area contributed by atoms with E-state index in [0.717, 1.165) is 29.2 Å². The molecule has 1 aliphatic heterocycles. The van der Waals surface area contributed by atoms with Crippen molar-refractivity contribution in [1.82, 2.24) is 19.7 Å². The lowest BCUT2D eigenvalue weighted by Gasteiger charge is -2.24. The van der Waals surface area contributed by atoms with E-state index in [2.05, 4.69) is 20.4 Å². The summed E-state index contributed by atoms with van der Waals surface area (Å²) in [7, 11) is 0. The van der Waals surface area contributed by atoms with E-state index in [-0.39, 0.29) is 17.9 Å². The zero-order valence-electron chi connectivity index (χ0n) is 14.8. The minimum absolute atomic E-state index is 0.0139. The van der Waals surface area contributed by atoms with E-state index < -0.39 is 17.6 Å². The number of amides is 1. The Morgan fingerprint density at radius 2 is 2.00 bits per heavy atom. The van der Waals surface area contributed by atoms with Crippen LogP contribution in [-0.2, 0) is 4.79 Å². The summed E-state index contributed by atoms with van der Waals surface area (Å²) in [5.74, 6) is -1.17. The number of hydrogen-bond donors (Lipinski definition) is 2. The molecule has 0 saturated carbocycles. The Morgan fingerprint density at radius 3 is 2.82 bits per heavy atom. The highest BCUT2D eigenvalue weighted by Crippen LogP contribution is 2.41. The quantitative estimate of drug-likeness (QED) is 0.556. The molecule has 0 radical (unpaired) electrons. The monoisotopic (exact) mass is 379 g/mol. The average Bonchev–Trinajstić information content (AvgIpc) is 3.24. The number of nitrogens with zero attached hydrogens (tertiary/aromatic N) is 3. The average molecular weight is 379 g/mol. The molecule has 3 heterocycles. The number of anilines is 1. The number of halogens is 2. The van der Waals surface area contributed by atoms with Crippen molar-refractivity contribution in [3.05, 3.63) is 70.9 Å². The number of para-hydroxylation sites is 2. The van der Waals surface area contributed by atoms with E-state index in [9.17, 15) is 13.6 Å². The van der Waals surface area contributed by atoms with Crippen LogP contribution in [0.1, 0.15) is 29.2 Å². The molecular formula is C20H15F2N5O. The molecule has 140 valence electrons. The van der Waals surface area contributed by atoms with Crippen molar-refractivity contribution in [2.75, 3.05) is 5.32 Å². The maximum atomic E-state index is 14.4. The largest absolute Gasteiger partial charge is 0.322 e. The second-order valence-electron chi connectivity index (χ2n) is 6.81. The number of carbonyl (C=O) groups excluding carboxylic acids is 1. The second-order valence-corrected chi connectivity index (χ2v) is 6.81. The molecule has 0 fully saturated rings. The molecule has 4 aromatic rings. The fraction of sp³-hybridized carbons (Fsp3) is 0.150. The van der Waals surface area contributed by atoms with Gasteiger partial charge in [0, 0.05) is 17.9 Å². The Balaban J connectivity index is 1.70. The smallest absolute Gasteiger partial charge is 0.231 e. The number of aromatic amines is 1. The lowest BCUT2D eigenvalue weighted by atomic mass is 9.85. The van der Waals surface area contributed by atoms with Gasteiger partial charge in [0.2, 0.25) is 11.9 Å². The van der Waals surface area contributed by atoms with Crippen LogP contribution in [0.25, 0.3) is 17.0 Å². The third-order valence-corrected chi connectivity index (χ3v) is 5.01. The number of hydrogen-bond acceptors (Lipinski definition) is 3. The Labute approximate surface area is 158 Å². The highest BCUT2D eigenvalue weighted by Gasteiger charge is 2.34. The van der Waals surface area contributed by atoms with Gasteiger partial charge in [-0.25, -0.2) is 13.8 Å². The van der Waals surface area contributed by atoms with Gasteiger partial charge in [-0.1, -0.05) is 12.1 Å². The maximum Gasteiger partial charge on any atom is 0.231 e. The third kappa shape index (κ3) is 2.49. The number of aryl methyl sites for hydroxylation is 1. The summed E-state index contributed by atoms with van der Waals surface area (Å²) in [4.78, 5) is 20.1. The van der Waals surface area contributed by atoms with Gasteiger partial charge >= 0.3 is 0 Å². The minimum atomic E-state index is -0.627. The van der Waals surface area contributed by atoms with E-state index in [1.54, 1.807) is 6.92 Å². The van der Waals surface area contributed by atoms with E-state index in [4.69, 9.17) is 0 Å². The molecular weight excluding hydrogens is 364 g/mol. The van der Waals surface area contributed by atoms with Crippen molar-refractivity contribution in [2.45, 2.75) is 19.3 Å². The molecule has 2 aromatic heterocycles. The number of nitrogens with one attached hydrogen (secondary N) is 2. The van der Waals surface area contributed by atoms with Crippen molar-refractivity contribution in [3.8, 4) is 5.95 Å². The maximum absolute atomic E-state index is 14.4. The molecule has 1 amide bonds. The molecule has 1 aliphatic rings. The highest BCUT2D eigenvalue weighted by atomic mass is 19.1. The lowest BCUT2D eigenvalue weighted by Crippen LogP contribution is -2.25. The number of H-pyrrole nitrogens is 1. The fourth-order valence-corrected chi connectivity index (χ4v) is 3.79. The third-order valence-electron chi connectivity index (χ3n) is 5.01. The minimum Gasteiger partial charge on any atom is -0.322 e. The van der Waals surface area contributed by atoms with Crippen LogP contribution in [0.4, 0.5) is 14.6 Å². The second kappa shape index (κ2) is 5.98. The van der Waals surface area contributed by atoms with Crippen molar-refractivity contribution in [2.24, 2.45) is 0 Å². The SMILES string of the molecule is Cc1nn(-c2nc3ccccc3[nH]2)c2c1[C@H](c1cc(F)ccc1F)CC(=O)N2. The zero-order chi connectivity index (χ0) is 19.4.